The zero-order valence-electron chi connectivity index (χ0n) is 44.9. The molecule has 0 amide bonds. The number of allylic oxidation sites excluding steroid dienone is 6. The Kier molecular flexibility index (Phi) is 54.2. The van der Waals surface area contributed by atoms with Crippen molar-refractivity contribution in [2.24, 2.45) is 0 Å². The largest absolute Gasteiger partial charge is 0.462 e. The van der Waals surface area contributed by atoms with Crippen molar-refractivity contribution in [1.29, 1.82) is 0 Å². The first-order valence-corrected chi connectivity index (χ1v) is 29.5. The zero-order valence-corrected chi connectivity index (χ0v) is 44.9. The maximum absolute atomic E-state index is 12.9. The van der Waals surface area contributed by atoms with Crippen LogP contribution in [0.5, 0.6) is 0 Å². The van der Waals surface area contributed by atoms with Crippen molar-refractivity contribution in [2.75, 3.05) is 13.2 Å². The van der Waals surface area contributed by atoms with Gasteiger partial charge < -0.3 is 14.2 Å². The molecule has 0 rings (SSSR count). The van der Waals surface area contributed by atoms with E-state index in [2.05, 4.69) is 57.2 Å². The highest BCUT2D eigenvalue weighted by Crippen LogP contribution is 2.16. The fourth-order valence-corrected chi connectivity index (χ4v) is 8.67. The molecule has 1 unspecified atom stereocenters. The van der Waals surface area contributed by atoms with Gasteiger partial charge in [-0.1, -0.05) is 263 Å². The van der Waals surface area contributed by atoms with Gasteiger partial charge in [0.15, 0.2) is 6.10 Å². The Morgan fingerprint density at radius 3 is 0.851 bits per heavy atom. The number of hydrogen-bond acceptors (Lipinski definition) is 6. The molecule has 1 atom stereocenters. The van der Waals surface area contributed by atoms with E-state index >= 15 is 0 Å². The van der Waals surface area contributed by atoms with Crippen LogP contribution >= 0.6 is 0 Å². The van der Waals surface area contributed by atoms with E-state index in [4.69, 9.17) is 14.2 Å². The standard InChI is InChI=1S/C61H112O6/c1-4-7-10-13-16-19-22-25-27-29-31-33-36-39-42-45-48-51-54-60(63)66-57-58(56-65-59(62)53-50-47-44-41-38-35-24-21-18-15-12-9-6-3)67-61(64)55-52-49-46-43-40-37-34-32-30-28-26-23-20-17-14-11-8-5-2/h27,29,31,33,35,38,58H,4-26,28,30,32,34,36-37,39-57H2,1-3H3/b29-27-,33-31-,38-35-. The third kappa shape index (κ3) is 54.4. The minimum atomic E-state index is -0.782. The van der Waals surface area contributed by atoms with Crippen LogP contribution in [-0.4, -0.2) is 37.2 Å². The van der Waals surface area contributed by atoms with Crippen LogP contribution in [0.2, 0.25) is 0 Å². The first kappa shape index (κ1) is 64.6. The van der Waals surface area contributed by atoms with Crippen molar-refractivity contribution in [1.82, 2.24) is 0 Å². The molecule has 0 fully saturated rings. The van der Waals surface area contributed by atoms with E-state index in [0.717, 1.165) is 89.9 Å². The summed E-state index contributed by atoms with van der Waals surface area (Å²) in [6.45, 7) is 6.64. The van der Waals surface area contributed by atoms with Gasteiger partial charge in [0.1, 0.15) is 13.2 Å². The van der Waals surface area contributed by atoms with Gasteiger partial charge in [0.05, 0.1) is 0 Å². The molecule has 0 spiro atoms. The van der Waals surface area contributed by atoms with Crippen LogP contribution in [0.25, 0.3) is 0 Å². The normalized spacial score (nSPS) is 12.2. The molecule has 0 aliphatic heterocycles. The summed E-state index contributed by atoms with van der Waals surface area (Å²) in [5, 5.41) is 0. The molecule has 0 aromatic rings. The summed E-state index contributed by atoms with van der Waals surface area (Å²) in [7, 11) is 0. The fourth-order valence-electron chi connectivity index (χ4n) is 8.67. The minimum Gasteiger partial charge on any atom is -0.462 e. The van der Waals surface area contributed by atoms with E-state index in [0.29, 0.717) is 19.3 Å². The lowest BCUT2D eigenvalue weighted by molar-refractivity contribution is -0.167. The summed E-state index contributed by atoms with van der Waals surface area (Å²) >= 11 is 0. The first-order valence-electron chi connectivity index (χ1n) is 29.5. The van der Waals surface area contributed by atoms with Gasteiger partial charge in [-0.3, -0.25) is 14.4 Å². The molecule has 0 bridgehead atoms. The van der Waals surface area contributed by atoms with Crippen molar-refractivity contribution in [3.05, 3.63) is 36.5 Å². The maximum Gasteiger partial charge on any atom is 0.306 e. The lowest BCUT2D eigenvalue weighted by Crippen LogP contribution is -2.30. The molecular weight excluding hydrogens is 829 g/mol. The van der Waals surface area contributed by atoms with E-state index in [1.807, 2.05) is 0 Å². The number of unbranched alkanes of at least 4 members (excludes halogenated alkanes) is 38. The lowest BCUT2D eigenvalue weighted by Gasteiger charge is -2.18. The Morgan fingerprint density at radius 2 is 0.537 bits per heavy atom. The SMILES string of the molecule is CCCCCCCC/C=C\CCCCCC(=O)OCC(COC(=O)CCCCCCC/C=C\C=C/CCCCCCCCC)OC(=O)CCCCCCCCCCCCCCCCCCCC. The smallest absolute Gasteiger partial charge is 0.306 e. The molecule has 0 saturated carbocycles. The fraction of sp³-hybridized carbons (Fsp3) is 0.852. The Labute approximate surface area is 416 Å². The average molecular weight is 942 g/mol. The number of carbonyl (C=O) groups excluding carboxylic acids is 3. The Hall–Kier alpha value is -2.37. The predicted octanol–water partition coefficient (Wildman–Crippen LogP) is 19.7. The van der Waals surface area contributed by atoms with Gasteiger partial charge in [0.2, 0.25) is 0 Å². The van der Waals surface area contributed by atoms with Crippen molar-refractivity contribution < 1.29 is 28.6 Å². The Bertz CT molecular complexity index is 1130. The topological polar surface area (TPSA) is 78.9 Å². The predicted molar refractivity (Wildman–Crippen MR) is 289 cm³/mol. The van der Waals surface area contributed by atoms with Gasteiger partial charge in [-0.2, -0.15) is 0 Å². The molecule has 0 N–H and O–H groups in total. The van der Waals surface area contributed by atoms with Gasteiger partial charge in [0.25, 0.3) is 0 Å². The summed E-state index contributed by atoms with van der Waals surface area (Å²) in [6.07, 6.45) is 67.1. The molecule has 392 valence electrons. The molecule has 0 saturated heterocycles. The zero-order chi connectivity index (χ0) is 48.6. The minimum absolute atomic E-state index is 0.0815. The van der Waals surface area contributed by atoms with Crippen LogP contribution in [0.3, 0.4) is 0 Å². The number of hydrogen-bond donors (Lipinski definition) is 0. The van der Waals surface area contributed by atoms with Gasteiger partial charge in [-0.25, -0.2) is 0 Å². The van der Waals surface area contributed by atoms with Crippen molar-refractivity contribution in [2.45, 2.75) is 322 Å². The van der Waals surface area contributed by atoms with E-state index < -0.39 is 6.10 Å². The number of rotatable bonds is 54. The summed E-state index contributed by atoms with van der Waals surface area (Å²) in [4.78, 5) is 38.1. The van der Waals surface area contributed by atoms with Crippen molar-refractivity contribution in [3.63, 3.8) is 0 Å². The molecule has 67 heavy (non-hydrogen) atoms. The third-order valence-electron chi connectivity index (χ3n) is 13.1. The van der Waals surface area contributed by atoms with Gasteiger partial charge >= 0.3 is 17.9 Å². The molecule has 0 aromatic carbocycles. The van der Waals surface area contributed by atoms with Gasteiger partial charge in [-0.15, -0.1) is 0 Å². The molecule has 0 aromatic heterocycles. The van der Waals surface area contributed by atoms with Crippen LogP contribution in [0, 0.1) is 0 Å². The second-order valence-corrected chi connectivity index (χ2v) is 19.9. The van der Waals surface area contributed by atoms with E-state index in [1.165, 1.54) is 186 Å². The van der Waals surface area contributed by atoms with Crippen molar-refractivity contribution >= 4 is 17.9 Å². The highest BCUT2D eigenvalue weighted by molar-refractivity contribution is 5.71. The van der Waals surface area contributed by atoms with Gasteiger partial charge in [-0.05, 0) is 70.6 Å². The van der Waals surface area contributed by atoms with Gasteiger partial charge in [0, 0.05) is 19.3 Å². The molecule has 0 radical (unpaired) electrons. The summed E-state index contributed by atoms with van der Waals surface area (Å²) in [6, 6.07) is 0. The van der Waals surface area contributed by atoms with Crippen LogP contribution in [0.4, 0.5) is 0 Å². The summed E-state index contributed by atoms with van der Waals surface area (Å²) < 4.78 is 16.9. The number of ether oxygens (including phenoxy) is 3. The highest BCUT2D eigenvalue weighted by atomic mass is 16.6. The molecule has 6 heteroatoms. The van der Waals surface area contributed by atoms with Crippen LogP contribution in [-0.2, 0) is 28.6 Å². The van der Waals surface area contributed by atoms with Crippen LogP contribution in [0.1, 0.15) is 316 Å². The second kappa shape index (κ2) is 56.2. The molecule has 0 heterocycles. The second-order valence-electron chi connectivity index (χ2n) is 19.9. The summed E-state index contributed by atoms with van der Waals surface area (Å²) in [5.74, 6) is -0.893. The van der Waals surface area contributed by atoms with E-state index in [1.54, 1.807) is 0 Å². The van der Waals surface area contributed by atoms with Crippen molar-refractivity contribution in [3.8, 4) is 0 Å². The molecule has 6 nitrogen and oxygen atoms in total. The molecular formula is C61H112O6. The Balaban J connectivity index is 4.36. The van der Waals surface area contributed by atoms with E-state index in [-0.39, 0.29) is 31.1 Å². The third-order valence-corrected chi connectivity index (χ3v) is 13.1. The maximum atomic E-state index is 12.9. The van der Waals surface area contributed by atoms with E-state index in [9.17, 15) is 14.4 Å². The van der Waals surface area contributed by atoms with Crippen LogP contribution < -0.4 is 0 Å². The number of carbonyl (C=O) groups is 3. The lowest BCUT2D eigenvalue weighted by atomic mass is 10.0. The first-order chi connectivity index (χ1) is 33.0. The Morgan fingerprint density at radius 1 is 0.299 bits per heavy atom. The monoisotopic (exact) mass is 941 g/mol. The summed E-state index contributed by atoms with van der Waals surface area (Å²) in [5.41, 5.74) is 0. The highest BCUT2D eigenvalue weighted by Gasteiger charge is 2.19. The average Bonchev–Trinajstić information content (AvgIpc) is 3.33. The quantitative estimate of drug-likeness (QED) is 0.0199. The molecule has 0 aliphatic rings. The molecule has 0 aliphatic carbocycles. The van der Waals surface area contributed by atoms with Crippen LogP contribution in [0.15, 0.2) is 36.5 Å². The number of esters is 3.